The minimum absolute atomic E-state index is 0.380. The van der Waals surface area contributed by atoms with Gasteiger partial charge in [-0.3, -0.25) is 14.3 Å². The van der Waals surface area contributed by atoms with E-state index in [9.17, 15) is 9.59 Å². The molecule has 0 radical (unpaired) electrons. The fourth-order valence-electron chi connectivity index (χ4n) is 3.03. The van der Waals surface area contributed by atoms with E-state index < -0.39 is 5.69 Å². The van der Waals surface area contributed by atoms with Crippen molar-refractivity contribution in [2.45, 2.75) is 50.4 Å². The van der Waals surface area contributed by atoms with Gasteiger partial charge in [-0.1, -0.05) is 19.4 Å². The Kier molecular flexibility index (Phi) is 6.05. The number of rotatable bonds is 8. The number of benzene rings is 1. The van der Waals surface area contributed by atoms with E-state index >= 15 is 0 Å². The number of nitrogens with zero attached hydrogens (tertiary/aromatic N) is 3. The summed E-state index contributed by atoms with van der Waals surface area (Å²) in [5.74, 6) is 2.17. The molecule has 0 atom stereocenters. The number of aryl methyl sites for hydroxylation is 2. The summed E-state index contributed by atoms with van der Waals surface area (Å²) in [6.45, 7) is 5.20. The summed E-state index contributed by atoms with van der Waals surface area (Å²) < 4.78 is 8.73. The van der Waals surface area contributed by atoms with Crippen LogP contribution >= 0.6 is 11.8 Å². The molecule has 2 heterocycles. The summed E-state index contributed by atoms with van der Waals surface area (Å²) in [6, 6.07) is 7.82. The largest absolute Gasteiger partial charge is 0.497 e. The van der Waals surface area contributed by atoms with Crippen LogP contribution in [0.1, 0.15) is 32.5 Å². The number of ether oxygens (including phenoxy) is 1. The third kappa shape index (κ3) is 3.95. The Labute approximate surface area is 161 Å². The molecule has 0 saturated carbocycles. The summed E-state index contributed by atoms with van der Waals surface area (Å²) >= 11 is 1.62. The number of thioether (sulfide) groups is 1. The van der Waals surface area contributed by atoms with Crippen LogP contribution in [0.3, 0.4) is 0 Å². The van der Waals surface area contributed by atoms with Gasteiger partial charge in [0.2, 0.25) is 0 Å². The molecule has 0 spiro atoms. The van der Waals surface area contributed by atoms with E-state index in [0.717, 1.165) is 29.3 Å². The van der Waals surface area contributed by atoms with Crippen molar-refractivity contribution < 1.29 is 4.74 Å². The summed E-state index contributed by atoms with van der Waals surface area (Å²) in [4.78, 5) is 32.8. The van der Waals surface area contributed by atoms with Crippen LogP contribution < -0.4 is 16.0 Å². The van der Waals surface area contributed by atoms with Crippen LogP contribution in [-0.2, 0) is 18.8 Å². The molecule has 0 amide bonds. The van der Waals surface area contributed by atoms with Gasteiger partial charge in [0.15, 0.2) is 11.2 Å². The summed E-state index contributed by atoms with van der Waals surface area (Å²) in [6.07, 6.45) is 1.81. The highest BCUT2D eigenvalue weighted by atomic mass is 32.2. The molecular formula is C19H24N4O3S. The molecule has 0 unspecified atom stereocenters. The summed E-state index contributed by atoms with van der Waals surface area (Å²) in [7, 11) is 1.64. The first kappa shape index (κ1) is 19.3. The zero-order valence-electron chi connectivity index (χ0n) is 15.8. The highest BCUT2D eigenvalue weighted by molar-refractivity contribution is 7.98. The number of aromatic amines is 1. The number of aromatic nitrogens is 4. The Morgan fingerprint density at radius 3 is 2.74 bits per heavy atom. The van der Waals surface area contributed by atoms with E-state index in [2.05, 4.69) is 16.9 Å². The van der Waals surface area contributed by atoms with Crippen molar-refractivity contribution in [3.8, 4) is 5.75 Å². The predicted octanol–water partition coefficient (Wildman–Crippen LogP) is 3.01. The van der Waals surface area contributed by atoms with Crippen LogP contribution in [0.2, 0.25) is 0 Å². The zero-order valence-corrected chi connectivity index (χ0v) is 16.6. The number of methoxy groups -OCH3 is 1. The lowest BCUT2D eigenvalue weighted by Crippen LogP contribution is -2.31. The van der Waals surface area contributed by atoms with E-state index in [4.69, 9.17) is 4.74 Å². The highest BCUT2D eigenvalue weighted by Crippen LogP contribution is 2.26. The van der Waals surface area contributed by atoms with Crippen LogP contribution in [-0.4, -0.2) is 26.2 Å². The van der Waals surface area contributed by atoms with E-state index in [1.165, 1.54) is 0 Å². The maximum atomic E-state index is 12.4. The van der Waals surface area contributed by atoms with Gasteiger partial charge in [0.25, 0.3) is 5.56 Å². The smallest absolute Gasteiger partial charge is 0.330 e. The fraction of sp³-hybridized carbons (Fsp3) is 0.421. The molecule has 0 saturated heterocycles. The topological polar surface area (TPSA) is 81.9 Å². The lowest BCUT2D eigenvalue weighted by Gasteiger charge is -2.07. The molecule has 0 aliphatic carbocycles. The van der Waals surface area contributed by atoms with Crippen LogP contribution in [0.5, 0.6) is 5.75 Å². The van der Waals surface area contributed by atoms with Crippen molar-refractivity contribution in [2.24, 2.45) is 0 Å². The third-order valence-electron chi connectivity index (χ3n) is 4.43. The van der Waals surface area contributed by atoms with Crippen molar-refractivity contribution in [3.63, 3.8) is 0 Å². The van der Waals surface area contributed by atoms with E-state index in [1.807, 2.05) is 35.8 Å². The first-order valence-electron chi connectivity index (χ1n) is 9.08. The quantitative estimate of drug-likeness (QED) is 0.600. The van der Waals surface area contributed by atoms with Gasteiger partial charge < -0.3 is 9.30 Å². The van der Waals surface area contributed by atoms with Crippen LogP contribution in [0, 0.1) is 0 Å². The number of hydrogen-bond donors (Lipinski definition) is 1. The van der Waals surface area contributed by atoms with Crippen molar-refractivity contribution >= 4 is 22.9 Å². The minimum Gasteiger partial charge on any atom is -0.497 e. The maximum Gasteiger partial charge on any atom is 0.330 e. The van der Waals surface area contributed by atoms with Crippen LogP contribution in [0.4, 0.5) is 0 Å². The Hall–Kier alpha value is -2.48. The van der Waals surface area contributed by atoms with Crippen molar-refractivity contribution in [1.82, 2.24) is 19.1 Å². The second-order valence-corrected chi connectivity index (χ2v) is 7.23. The molecule has 3 rings (SSSR count). The molecule has 0 fully saturated rings. The fourth-order valence-corrected chi connectivity index (χ4v) is 3.92. The molecule has 2 aromatic heterocycles. The third-order valence-corrected chi connectivity index (χ3v) is 5.42. The zero-order chi connectivity index (χ0) is 19.4. The van der Waals surface area contributed by atoms with E-state index in [1.54, 1.807) is 23.4 Å². The monoisotopic (exact) mass is 388 g/mol. The normalized spacial score (nSPS) is 11.2. The lowest BCUT2D eigenvalue weighted by atomic mass is 10.3. The Bertz CT molecular complexity index is 1050. The van der Waals surface area contributed by atoms with Gasteiger partial charge in [0, 0.05) is 18.0 Å². The first-order chi connectivity index (χ1) is 13.1. The van der Waals surface area contributed by atoms with E-state index in [-0.39, 0.29) is 5.56 Å². The lowest BCUT2D eigenvalue weighted by molar-refractivity contribution is 0.413. The Balaban J connectivity index is 2.01. The molecule has 0 bridgehead atoms. The SMILES string of the molecule is CCCCn1c(=O)[nH]c(=O)c2c1nc(CSc1cccc(OC)c1)n2CC. The standard InChI is InChI=1S/C19H24N4O3S/c1-4-6-10-23-17-16(18(24)21-19(23)25)22(5-2)15(20-17)12-27-14-9-7-8-13(11-14)26-3/h7-9,11H,4-6,10,12H2,1-3H3,(H,21,24,25). The summed E-state index contributed by atoms with van der Waals surface area (Å²) in [5.41, 5.74) is 0.165. The second kappa shape index (κ2) is 8.47. The van der Waals surface area contributed by atoms with Gasteiger partial charge in [-0.15, -0.1) is 11.8 Å². The minimum atomic E-state index is -0.395. The molecule has 7 nitrogen and oxygen atoms in total. The molecule has 27 heavy (non-hydrogen) atoms. The number of nitrogens with one attached hydrogen (secondary N) is 1. The number of H-pyrrole nitrogens is 1. The van der Waals surface area contributed by atoms with E-state index in [0.29, 0.717) is 30.0 Å². The van der Waals surface area contributed by atoms with Crippen LogP contribution in [0.15, 0.2) is 38.8 Å². The van der Waals surface area contributed by atoms with Gasteiger partial charge in [0.1, 0.15) is 11.6 Å². The van der Waals surface area contributed by atoms with Gasteiger partial charge in [-0.2, -0.15) is 0 Å². The maximum absolute atomic E-state index is 12.4. The van der Waals surface area contributed by atoms with Crippen molar-refractivity contribution in [2.75, 3.05) is 7.11 Å². The number of unbranched alkanes of at least 4 members (excludes halogenated alkanes) is 1. The van der Waals surface area contributed by atoms with Crippen molar-refractivity contribution in [3.05, 3.63) is 50.9 Å². The highest BCUT2D eigenvalue weighted by Gasteiger charge is 2.17. The molecule has 0 aliphatic heterocycles. The number of fused-ring (bicyclic) bond motifs is 1. The second-order valence-electron chi connectivity index (χ2n) is 6.18. The molecule has 0 aliphatic rings. The summed E-state index contributed by atoms with van der Waals surface area (Å²) in [5, 5.41) is 0. The van der Waals surface area contributed by atoms with Crippen molar-refractivity contribution in [1.29, 1.82) is 0 Å². The first-order valence-corrected chi connectivity index (χ1v) is 10.1. The number of imidazole rings is 1. The molecular weight excluding hydrogens is 364 g/mol. The van der Waals surface area contributed by atoms with Gasteiger partial charge in [0.05, 0.1) is 12.9 Å². The molecule has 8 heteroatoms. The average molecular weight is 388 g/mol. The molecule has 1 aromatic carbocycles. The molecule has 1 N–H and O–H groups in total. The van der Waals surface area contributed by atoms with Gasteiger partial charge in [-0.25, -0.2) is 9.78 Å². The predicted molar refractivity (Wildman–Crippen MR) is 108 cm³/mol. The molecule has 3 aromatic rings. The Morgan fingerprint density at radius 1 is 1.22 bits per heavy atom. The van der Waals surface area contributed by atoms with Gasteiger partial charge in [-0.05, 0) is 31.5 Å². The molecule has 144 valence electrons. The van der Waals surface area contributed by atoms with Gasteiger partial charge >= 0.3 is 5.69 Å². The number of hydrogen-bond acceptors (Lipinski definition) is 5. The van der Waals surface area contributed by atoms with Crippen LogP contribution in [0.25, 0.3) is 11.2 Å². The Morgan fingerprint density at radius 2 is 2.04 bits per heavy atom. The average Bonchev–Trinajstić information content (AvgIpc) is 3.05.